The highest BCUT2D eigenvalue weighted by molar-refractivity contribution is 5.95. The lowest BCUT2D eigenvalue weighted by Crippen LogP contribution is -2.30. The van der Waals surface area contributed by atoms with Crippen molar-refractivity contribution in [1.82, 2.24) is 4.98 Å². The summed E-state index contributed by atoms with van der Waals surface area (Å²) >= 11 is 0. The highest BCUT2D eigenvalue weighted by Gasteiger charge is 2.34. The summed E-state index contributed by atoms with van der Waals surface area (Å²) < 4.78 is 10.5. The van der Waals surface area contributed by atoms with Crippen molar-refractivity contribution in [2.75, 3.05) is 11.9 Å². The number of carboxylic acid groups (broad SMARTS) is 1. The molecule has 7 nitrogen and oxygen atoms in total. The Kier molecular flexibility index (Phi) is 4.52. The van der Waals surface area contributed by atoms with Gasteiger partial charge in [-0.1, -0.05) is 0 Å². The zero-order chi connectivity index (χ0) is 14.5. The molecule has 7 heteroatoms. The van der Waals surface area contributed by atoms with Crippen LogP contribution in [0.1, 0.15) is 19.8 Å². The molecule has 2 N–H and O–H groups in total. The molecule has 1 aromatic rings. The predicted molar refractivity (Wildman–Crippen MR) is 69.6 cm³/mol. The number of carboxylic acids is 1. The van der Waals surface area contributed by atoms with E-state index in [0.717, 1.165) is 0 Å². The van der Waals surface area contributed by atoms with Gasteiger partial charge in [-0.05, 0) is 31.9 Å². The minimum absolute atomic E-state index is 0.330. The van der Waals surface area contributed by atoms with Gasteiger partial charge in [0.1, 0.15) is 11.8 Å². The maximum absolute atomic E-state index is 12.0. The third kappa shape index (κ3) is 3.24. The largest absolute Gasteiger partial charge is 0.479 e. The second kappa shape index (κ2) is 6.33. The van der Waals surface area contributed by atoms with E-state index < -0.39 is 18.2 Å². The maximum Gasteiger partial charge on any atom is 0.332 e. The van der Waals surface area contributed by atoms with Crippen LogP contribution in [0, 0.1) is 0 Å². The van der Waals surface area contributed by atoms with Crippen molar-refractivity contribution < 1.29 is 24.2 Å². The Bertz CT molecular complexity index is 505. The summed E-state index contributed by atoms with van der Waals surface area (Å²) in [6.07, 6.45) is 0.607. The van der Waals surface area contributed by atoms with E-state index in [2.05, 4.69) is 10.3 Å². The average molecular weight is 280 g/mol. The zero-order valence-corrected chi connectivity index (χ0v) is 11.0. The van der Waals surface area contributed by atoms with E-state index in [0.29, 0.717) is 31.0 Å². The molecular formula is C13H16N2O5. The maximum atomic E-state index is 12.0. The van der Waals surface area contributed by atoms with Crippen LogP contribution >= 0.6 is 0 Å². The number of nitrogens with zero attached hydrogens (tertiary/aromatic N) is 1. The fourth-order valence-corrected chi connectivity index (χ4v) is 1.96. The van der Waals surface area contributed by atoms with Gasteiger partial charge in [0.05, 0.1) is 6.61 Å². The lowest BCUT2D eigenvalue weighted by atomic mass is 10.2. The molecule has 1 saturated heterocycles. The average Bonchev–Trinajstić information content (AvgIpc) is 2.91. The quantitative estimate of drug-likeness (QED) is 0.836. The SMILES string of the molecule is CCOc1ncccc1NC(=O)[C@@H]1CC[C@H](C(=O)O)O1. The Balaban J connectivity index is 2.00. The fourth-order valence-electron chi connectivity index (χ4n) is 1.96. The molecule has 20 heavy (non-hydrogen) atoms. The number of aliphatic carboxylic acids is 1. The van der Waals surface area contributed by atoms with Crippen LogP contribution in [0.25, 0.3) is 0 Å². The van der Waals surface area contributed by atoms with E-state index >= 15 is 0 Å². The Morgan fingerprint density at radius 1 is 1.50 bits per heavy atom. The molecule has 2 heterocycles. The second-order valence-corrected chi connectivity index (χ2v) is 4.31. The van der Waals surface area contributed by atoms with Crippen LogP contribution in [-0.4, -0.2) is 40.8 Å². The van der Waals surface area contributed by atoms with Crippen molar-refractivity contribution in [1.29, 1.82) is 0 Å². The number of anilines is 1. The summed E-state index contributed by atoms with van der Waals surface area (Å²) in [6.45, 7) is 2.25. The van der Waals surface area contributed by atoms with Gasteiger partial charge in [0.25, 0.3) is 5.91 Å². The van der Waals surface area contributed by atoms with Crippen molar-refractivity contribution in [2.45, 2.75) is 32.0 Å². The second-order valence-electron chi connectivity index (χ2n) is 4.31. The van der Waals surface area contributed by atoms with Gasteiger partial charge in [0.2, 0.25) is 5.88 Å². The smallest absolute Gasteiger partial charge is 0.332 e. The number of nitrogens with one attached hydrogen (secondary N) is 1. The van der Waals surface area contributed by atoms with Crippen LogP contribution in [0.3, 0.4) is 0 Å². The number of carbonyl (C=O) groups is 2. The number of rotatable bonds is 5. The molecule has 0 bridgehead atoms. The number of hydrogen-bond donors (Lipinski definition) is 2. The molecule has 1 aliphatic heterocycles. The van der Waals surface area contributed by atoms with Crippen molar-refractivity contribution in [3.05, 3.63) is 18.3 Å². The van der Waals surface area contributed by atoms with Crippen LogP contribution in [0.15, 0.2) is 18.3 Å². The Morgan fingerprint density at radius 3 is 2.90 bits per heavy atom. The van der Waals surface area contributed by atoms with Gasteiger partial charge in [0, 0.05) is 6.20 Å². The van der Waals surface area contributed by atoms with Gasteiger partial charge in [-0.2, -0.15) is 0 Å². The molecule has 0 radical (unpaired) electrons. The minimum Gasteiger partial charge on any atom is -0.479 e. The molecule has 0 aromatic carbocycles. The van der Waals surface area contributed by atoms with Crippen molar-refractivity contribution in [3.8, 4) is 5.88 Å². The van der Waals surface area contributed by atoms with E-state index in [1.54, 1.807) is 18.3 Å². The first-order chi connectivity index (χ1) is 9.61. The third-order valence-electron chi connectivity index (χ3n) is 2.90. The van der Waals surface area contributed by atoms with Crippen LogP contribution in [0.2, 0.25) is 0 Å². The van der Waals surface area contributed by atoms with Gasteiger partial charge in [-0.15, -0.1) is 0 Å². The molecule has 1 fully saturated rings. The summed E-state index contributed by atoms with van der Waals surface area (Å²) in [4.78, 5) is 26.8. The number of hydrogen-bond acceptors (Lipinski definition) is 5. The van der Waals surface area contributed by atoms with Crippen LogP contribution in [0.4, 0.5) is 5.69 Å². The summed E-state index contributed by atoms with van der Waals surface area (Å²) in [5.74, 6) is -1.10. The molecule has 1 aromatic heterocycles. The molecule has 1 aliphatic rings. The normalized spacial score (nSPS) is 21.4. The molecule has 1 amide bonds. The number of ether oxygens (including phenoxy) is 2. The molecule has 0 unspecified atom stereocenters. The summed E-state index contributed by atoms with van der Waals surface area (Å²) in [5.41, 5.74) is 0.446. The summed E-state index contributed by atoms with van der Waals surface area (Å²) in [5, 5.41) is 11.5. The topological polar surface area (TPSA) is 97.8 Å². The number of carbonyl (C=O) groups excluding carboxylic acids is 1. The zero-order valence-electron chi connectivity index (χ0n) is 11.0. The van der Waals surface area contributed by atoms with Crippen molar-refractivity contribution in [3.63, 3.8) is 0 Å². The number of amides is 1. The van der Waals surface area contributed by atoms with Crippen LogP contribution in [0.5, 0.6) is 5.88 Å². The summed E-state index contributed by atoms with van der Waals surface area (Å²) in [6, 6.07) is 3.34. The van der Waals surface area contributed by atoms with E-state index in [4.69, 9.17) is 14.6 Å². The lowest BCUT2D eigenvalue weighted by Gasteiger charge is -2.13. The van der Waals surface area contributed by atoms with Crippen LogP contribution < -0.4 is 10.1 Å². The standard InChI is InChI=1S/C13H16N2O5/c1-2-19-12-8(4-3-7-14-12)15-11(16)9-5-6-10(20-9)13(17)18/h3-4,7,9-10H,2,5-6H2,1H3,(H,15,16)(H,17,18)/t9-,10+/m0/s1. The first kappa shape index (κ1) is 14.3. The minimum atomic E-state index is -1.04. The van der Waals surface area contributed by atoms with Crippen LogP contribution in [-0.2, 0) is 14.3 Å². The monoisotopic (exact) mass is 280 g/mol. The van der Waals surface area contributed by atoms with E-state index in [1.807, 2.05) is 6.92 Å². The number of aromatic nitrogens is 1. The molecular weight excluding hydrogens is 264 g/mol. The molecule has 2 atom stereocenters. The Labute approximate surface area is 115 Å². The third-order valence-corrected chi connectivity index (χ3v) is 2.90. The van der Waals surface area contributed by atoms with Gasteiger partial charge in [0.15, 0.2) is 6.10 Å². The van der Waals surface area contributed by atoms with Gasteiger partial charge < -0.3 is 19.9 Å². The lowest BCUT2D eigenvalue weighted by molar-refractivity contribution is -0.150. The first-order valence-corrected chi connectivity index (χ1v) is 6.38. The Hall–Kier alpha value is -2.15. The van der Waals surface area contributed by atoms with Gasteiger partial charge in [-0.3, -0.25) is 4.79 Å². The molecule has 108 valence electrons. The van der Waals surface area contributed by atoms with E-state index in [9.17, 15) is 9.59 Å². The van der Waals surface area contributed by atoms with Crippen molar-refractivity contribution in [2.24, 2.45) is 0 Å². The predicted octanol–water partition coefficient (Wildman–Crippen LogP) is 1.05. The van der Waals surface area contributed by atoms with E-state index in [-0.39, 0.29) is 5.91 Å². The molecule has 2 rings (SSSR count). The highest BCUT2D eigenvalue weighted by atomic mass is 16.5. The molecule has 0 saturated carbocycles. The Morgan fingerprint density at radius 2 is 2.25 bits per heavy atom. The first-order valence-electron chi connectivity index (χ1n) is 6.38. The summed E-state index contributed by atoms with van der Waals surface area (Å²) in [7, 11) is 0. The van der Waals surface area contributed by atoms with Gasteiger partial charge in [-0.25, -0.2) is 9.78 Å². The van der Waals surface area contributed by atoms with E-state index in [1.165, 1.54) is 0 Å². The molecule has 0 aliphatic carbocycles. The van der Waals surface area contributed by atoms with Crippen molar-refractivity contribution >= 4 is 17.6 Å². The highest BCUT2D eigenvalue weighted by Crippen LogP contribution is 2.24. The number of pyridine rings is 1. The fraction of sp³-hybridized carbons (Fsp3) is 0.462. The molecule has 0 spiro atoms. The van der Waals surface area contributed by atoms with Gasteiger partial charge >= 0.3 is 5.97 Å².